The third-order valence-corrected chi connectivity index (χ3v) is 5.00. The van der Waals surface area contributed by atoms with Gasteiger partial charge in [0.1, 0.15) is 0 Å². The lowest BCUT2D eigenvalue weighted by molar-refractivity contribution is 0.148. The second kappa shape index (κ2) is 8.83. The van der Waals surface area contributed by atoms with Gasteiger partial charge in [0.2, 0.25) is 0 Å². The molecule has 2 amide bonds. The van der Waals surface area contributed by atoms with E-state index in [1.54, 1.807) is 17.2 Å². The first-order chi connectivity index (χ1) is 14.2. The lowest BCUT2D eigenvalue weighted by Crippen LogP contribution is -2.50. The lowest BCUT2D eigenvalue weighted by Gasteiger charge is -2.34. The maximum atomic E-state index is 13.8. The quantitative estimate of drug-likeness (QED) is 0.723. The first-order valence-electron chi connectivity index (χ1n) is 9.68. The summed E-state index contributed by atoms with van der Waals surface area (Å²) in [6.07, 6.45) is 4.08. The zero-order valence-corrected chi connectivity index (χ0v) is 16.0. The number of hydrogen-bond donors (Lipinski definition) is 1. The van der Waals surface area contributed by atoms with Gasteiger partial charge in [-0.05, 0) is 24.1 Å². The van der Waals surface area contributed by atoms with Crippen molar-refractivity contribution in [3.8, 4) is 5.82 Å². The van der Waals surface area contributed by atoms with Gasteiger partial charge < -0.3 is 4.90 Å². The number of benzene rings is 1. The number of carbonyl (C=O) groups is 1. The molecule has 1 aromatic carbocycles. The fourth-order valence-corrected chi connectivity index (χ4v) is 3.35. The third-order valence-electron chi connectivity index (χ3n) is 5.00. The largest absolute Gasteiger partial charge is 0.323 e. The normalized spacial score (nSPS) is 14.7. The van der Waals surface area contributed by atoms with Crippen LogP contribution in [0.3, 0.4) is 0 Å². The summed E-state index contributed by atoms with van der Waals surface area (Å²) in [6, 6.07) is 14.7. The second-order valence-corrected chi connectivity index (χ2v) is 6.95. The molecule has 0 aliphatic carbocycles. The maximum absolute atomic E-state index is 13.8. The number of pyridine rings is 1. The Kier molecular flexibility index (Phi) is 5.81. The van der Waals surface area contributed by atoms with Gasteiger partial charge >= 0.3 is 6.03 Å². The SMILES string of the molecule is O=C(Nc1ccn(-c2ncccc2F)n1)N1CCN(CCc2ccccc2)CC1. The van der Waals surface area contributed by atoms with Gasteiger partial charge in [0.15, 0.2) is 17.5 Å². The summed E-state index contributed by atoms with van der Waals surface area (Å²) in [5, 5.41) is 6.98. The summed E-state index contributed by atoms with van der Waals surface area (Å²) in [5.74, 6) is -0.00769. The average Bonchev–Trinajstić information content (AvgIpc) is 3.22. The van der Waals surface area contributed by atoms with Crippen LogP contribution in [0.2, 0.25) is 0 Å². The highest BCUT2D eigenvalue weighted by Gasteiger charge is 2.21. The Balaban J connectivity index is 1.27. The Labute approximate surface area is 168 Å². The van der Waals surface area contributed by atoms with Gasteiger partial charge in [-0.25, -0.2) is 18.9 Å². The van der Waals surface area contributed by atoms with E-state index in [0.29, 0.717) is 18.9 Å². The van der Waals surface area contributed by atoms with Crippen molar-refractivity contribution in [1.82, 2.24) is 24.6 Å². The van der Waals surface area contributed by atoms with Crippen molar-refractivity contribution in [2.24, 2.45) is 0 Å². The second-order valence-electron chi connectivity index (χ2n) is 6.95. The number of amides is 2. The van der Waals surface area contributed by atoms with Crippen molar-refractivity contribution in [1.29, 1.82) is 0 Å². The molecular formula is C21H23FN6O. The first kappa shape index (κ1) is 19.1. The summed E-state index contributed by atoms with van der Waals surface area (Å²) < 4.78 is 15.1. The van der Waals surface area contributed by atoms with Gasteiger partial charge in [-0.15, -0.1) is 5.10 Å². The monoisotopic (exact) mass is 394 g/mol. The zero-order valence-electron chi connectivity index (χ0n) is 16.0. The molecule has 0 spiro atoms. The molecule has 7 nitrogen and oxygen atoms in total. The van der Waals surface area contributed by atoms with Gasteiger partial charge in [0.25, 0.3) is 0 Å². The fraction of sp³-hybridized carbons (Fsp3) is 0.286. The van der Waals surface area contributed by atoms with Crippen LogP contribution in [-0.4, -0.2) is 63.3 Å². The standard InChI is InChI=1S/C21H23FN6O/c22-18-7-4-10-23-20(18)28-12-9-19(25-28)24-21(29)27-15-13-26(14-16-27)11-8-17-5-2-1-3-6-17/h1-7,9-10,12H,8,11,13-16H2,(H,24,25,29). The van der Waals surface area contributed by atoms with Gasteiger partial charge in [0.05, 0.1) is 0 Å². The van der Waals surface area contributed by atoms with E-state index in [-0.39, 0.29) is 11.8 Å². The fourth-order valence-electron chi connectivity index (χ4n) is 3.35. The molecule has 4 rings (SSSR count). The van der Waals surface area contributed by atoms with E-state index < -0.39 is 5.82 Å². The molecule has 1 saturated heterocycles. The van der Waals surface area contributed by atoms with Crippen LogP contribution in [0.5, 0.6) is 0 Å². The molecule has 1 aliphatic rings. The summed E-state index contributed by atoms with van der Waals surface area (Å²) in [6.45, 7) is 3.99. The van der Waals surface area contributed by atoms with Crippen molar-refractivity contribution in [2.75, 3.05) is 38.0 Å². The first-order valence-corrected chi connectivity index (χ1v) is 9.68. The van der Waals surface area contributed by atoms with Crippen LogP contribution in [0.15, 0.2) is 60.9 Å². The van der Waals surface area contributed by atoms with Crippen molar-refractivity contribution < 1.29 is 9.18 Å². The molecule has 29 heavy (non-hydrogen) atoms. The summed E-state index contributed by atoms with van der Waals surface area (Å²) >= 11 is 0. The van der Waals surface area contributed by atoms with Crippen LogP contribution in [0.25, 0.3) is 5.82 Å². The highest BCUT2D eigenvalue weighted by Crippen LogP contribution is 2.13. The van der Waals surface area contributed by atoms with Crippen LogP contribution in [0, 0.1) is 5.82 Å². The molecule has 0 radical (unpaired) electrons. The smallest absolute Gasteiger partial charge is 0.322 e. The minimum atomic E-state index is -0.472. The molecule has 1 fully saturated rings. The Morgan fingerprint density at radius 3 is 2.59 bits per heavy atom. The van der Waals surface area contributed by atoms with Gasteiger partial charge in [0, 0.05) is 51.2 Å². The molecule has 150 valence electrons. The molecule has 0 bridgehead atoms. The Morgan fingerprint density at radius 1 is 1.03 bits per heavy atom. The predicted octanol–water partition coefficient (Wildman–Crippen LogP) is 2.80. The van der Waals surface area contributed by atoms with Crippen LogP contribution >= 0.6 is 0 Å². The Bertz CT molecular complexity index is 953. The van der Waals surface area contributed by atoms with Crippen molar-refractivity contribution in [3.63, 3.8) is 0 Å². The van der Waals surface area contributed by atoms with E-state index in [1.807, 2.05) is 6.07 Å². The van der Waals surface area contributed by atoms with Crippen molar-refractivity contribution in [3.05, 3.63) is 72.3 Å². The molecule has 2 aromatic heterocycles. The van der Waals surface area contributed by atoms with E-state index in [9.17, 15) is 9.18 Å². The highest BCUT2D eigenvalue weighted by molar-refractivity contribution is 5.88. The number of nitrogens with zero attached hydrogens (tertiary/aromatic N) is 5. The molecule has 3 heterocycles. The Morgan fingerprint density at radius 2 is 1.83 bits per heavy atom. The van der Waals surface area contributed by atoms with E-state index in [1.165, 1.54) is 28.6 Å². The van der Waals surface area contributed by atoms with E-state index in [4.69, 9.17) is 0 Å². The molecule has 3 aromatic rings. The number of hydrogen-bond acceptors (Lipinski definition) is 4. The molecule has 0 saturated carbocycles. The minimum absolute atomic E-state index is 0.0972. The van der Waals surface area contributed by atoms with Crippen LogP contribution in [-0.2, 0) is 6.42 Å². The zero-order chi connectivity index (χ0) is 20.1. The maximum Gasteiger partial charge on any atom is 0.323 e. The number of anilines is 1. The van der Waals surface area contributed by atoms with Gasteiger partial charge in [-0.3, -0.25) is 10.2 Å². The molecule has 1 aliphatic heterocycles. The molecule has 1 N–H and O–H groups in total. The number of halogens is 1. The lowest BCUT2D eigenvalue weighted by atomic mass is 10.1. The van der Waals surface area contributed by atoms with Crippen molar-refractivity contribution >= 4 is 11.8 Å². The van der Waals surface area contributed by atoms with E-state index in [0.717, 1.165) is 26.1 Å². The number of nitrogens with one attached hydrogen (secondary N) is 1. The van der Waals surface area contributed by atoms with E-state index in [2.05, 4.69) is 44.6 Å². The number of carbonyl (C=O) groups excluding carboxylic acids is 1. The highest BCUT2D eigenvalue weighted by atomic mass is 19.1. The Hall–Kier alpha value is -3.26. The van der Waals surface area contributed by atoms with E-state index >= 15 is 0 Å². The van der Waals surface area contributed by atoms with Crippen LogP contribution < -0.4 is 5.32 Å². The molecular weight excluding hydrogens is 371 g/mol. The average molecular weight is 394 g/mol. The number of rotatable bonds is 5. The van der Waals surface area contributed by atoms with Crippen LogP contribution in [0.4, 0.5) is 15.0 Å². The number of urea groups is 1. The topological polar surface area (TPSA) is 66.3 Å². The van der Waals surface area contributed by atoms with Gasteiger partial charge in [-0.1, -0.05) is 30.3 Å². The summed E-state index contributed by atoms with van der Waals surface area (Å²) in [7, 11) is 0. The molecule has 0 unspecified atom stereocenters. The molecule has 0 atom stereocenters. The van der Waals surface area contributed by atoms with Crippen molar-refractivity contribution in [2.45, 2.75) is 6.42 Å². The third kappa shape index (κ3) is 4.78. The number of aromatic nitrogens is 3. The van der Waals surface area contributed by atoms with Crippen LogP contribution in [0.1, 0.15) is 5.56 Å². The minimum Gasteiger partial charge on any atom is -0.322 e. The molecule has 8 heteroatoms. The summed E-state index contributed by atoms with van der Waals surface area (Å²) in [4.78, 5) is 20.6. The van der Waals surface area contributed by atoms with Gasteiger partial charge in [-0.2, -0.15) is 0 Å². The number of piperazine rings is 1. The summed E-state index contributed by atoms with van der Waals surface area (Å²) in [5.41, 5.74) is 1.33. The predicted molar refractivity (Wildman–Crippen MR) is 108 cm³/mol.